The van der Waals surface area contributed by atoms with Crippen molar-refractivity contribution in [3.8, 4) is 0 Å². The van der Waals surface area contributed by atoms with Gasteiger partial charge in [0.05, 0.1) is 10.9 Å². The molecule has 0 aliphatic heterocycles. The first-order chi connectivity index (χ1) is 12.7. The van der Waals surface area contributed by atoms with E-state index in [2.05, 4.69) is 42.7 Å². The van der Waals surface area contributed by atoms with Crippen LogP contribution in [0.4, 0.5) is 4.79 Å². The quantitative estimate of drug-likeness (QED) is 0.485. The van der Waals surface area contributed by atoms with Crippen molar-refractivity contribution in [2.45, 2.75) is 36.6 Å². The van der Waals surface area contributed by atoms with Crippen LogP contribution in [0.1, 0.15) is 29.7 Å². The Bertz CT molecular complexity index is 897. The zero-order valence-electron chi connectivity index (χ0n) is 15.7. The highest BCUT2D eigenvalue weighted by Crippen LogP contribution is 2.20. The molecule has 27 heavy (non-hydrogen) atoms. The lowest BCUT2D eigenvalue weighted by Gasteiger charge is -2.15. The molecule has 0 aliphatic rings. The van der Waals surface area contributed by atoms with Crippen molar-refractivity contribution < 1.29 is 13.2 Å². The van der Waals surface area contributed by atoms with Gasteiger partial charge >= 0.3 is 6.03 Å². The van der Waals surface area contributed by atoms with Crippen LogP contribution in [-0.2, 0) is 10.0 Å². The second-order valence-corrected chi connectivity index (χ2v) is 9.06. The largest absolute Gasteiger partial charge is 0.337 e. The first-order valence-corrected chi connectivity index (χ1v) is 11.1. The summed E-state index contributed by atoms with van der Waals surface area (Å²) in [4.78, 5) is 13.2. The number of rotatable bonds is 7. The van der Waals surface area contributed by atoms with Crippen LogP contribution in [0.25, 0.3) is 0 Å². The van der Waals surface area contributed by atoms with E-state index in [1.807, 2.05) is 6.92 Å². The number of nitrogens with two attached hydrogens (primary N) is 1. The van der Waals surface area contributed by atoms with Crippen LogP contribution in [0.2, 0.25) is 0 Å². The molecule has 2 rings (SSSR count). The maximum atomic E-state index is 12.0. The highest BCUT2D eigenvalue weighted by Gasteiger charge is 2.12. The fourth-order valence-corrected chi connectivity index (χ4v) is 3.79. The SMILES string of the molecule is Cc1ccc(SCCNC(=O)N[C@@H](C)c2ccc(S(N)(=O)=O)cc2)cc1C. The zero-order valence-corrected chi connectivity index (χ0v) is 17.3. The predicted octanol–water partition coefficient (Wildman–Crippen LogP) is 3.10. The molecule has 2 aromatic carbocycles. The molecule has 0 heterocycles. The predicted molar refractivity (Wildman–Crippen MR) is 109 cm³/mol. The highest BCUT2D eigenvalue weighted by atomic mass is 32.2. The number of carbonyl (C=O) groups is 1. The molecule has 2 amide bonds. The van der Waals surface area contributed by atoms with Crippen molar-refractivity contribution in [1.82, 2.24) is 10.6 Å². The number of hydrogen-bond donors (Lipinski definition) is 3. The van der Waals surface area contributed by atoms with Gasteiger partial charge in [0.1, 0.15) is 0 Å². The number of primary sulfonamides is 1. The van der Waals surface area contributed by atoms with Gasteiger partial charge in [0, 0.05) is 17.2 Å². The molecule has 1 atom stereocenters. The first-order valence-electron chi connectivity index (χ1n) is 8.54. The first kappa shape index (κ1) is 21.3. The molecule has 2 aromatic rings. The summed E-state index contributed by atoms with van der Waals surface area (Å²) in [6.45, 7) is 6.54. The smallest absolute Gasteiger partial charge is 0.315 e. The number of thioether (sulfide) groups is 1. The summed E-state index contributed by atoms with van der Waals surface area (Å²) in [5, 5.41) is 10.7. The standard InChI is InChI=1S/C19H25N3O3S2/c1-13-4-7-17(12-14(13)2)26-11-10-21-19(23)22-15(3)16-5-8-18(9-6-16)27(20,24)25/h4-9,12,15H,10-11H2,1-3H3,(H2,20,24,25)(H2,21,22,23)/t15-/m0/s1. The third-order valence-electron chi connectivity index (χ3n) is 4.19. The molecule has 4 N–H and O–H groups in total. The van der Waals surface area contributed by atoms with Crippen LogP contribution in [0.5, 0.6) is 0 Å². The van der Waals surface area contributed by atoms with Gasteiger partial charge in [-0.1, -0.05) is 18.2 Å². The Morgan fingerprint density at radius 3 is 2.37 bits per heavy atom. The maximum absolute atomic E-state index is 12.0. The Hall–Kier alpha value is -2.03. The number of aryl methyl sites for hydroxylation is 2. The second-order valence-electron chi connectivity index (χ2n) is 6.33. The monoisotopic (exact) mass is 407 g/mol. The van der Waals surface area contributed by atoms with E-state index in [1.165, 1.54) is 28.2 Å². The van der Waals surface area contributed by atoms with Gasteiger partial charge in [0.15, 0.2) is 0 Å². The van der Waals surface area contributed by atoms with Gasteiger partial charge < -0.3 is 10.6 Å². The maximum Gasteiger partial charge on any atom is 0.315 e. The minimum atomic E-state index is -3.71. The molecule has 0 radical (unpaired) electrons. The highest BCUT2D eigenvalue weighted by molar-refractivity contribution is 7.99. The summed E-state index contributed by atoms with van der Waals surface area (Å²) < 4.78 is 22.5. The lowest BCUT2D eigenvalue weighted by molar-refractivity contribution is 0.238. The normalized spacial score (nSPS) is 12.4. The summed E-state index contributed by atoms with van der Waals surface area (Å²) >= 11 is 1.69. The van der Waals surface area contributed by atoms with Crippen molar-refractivity contribution in [3.63, 3.8) is 0 Å². The average molecular weight is 408 g/mol. The fourth-order valence-electron chi connectivity index (χ4n) is 2.41. The van der Waals surface area contributed by atoms with Crippen LogP contribution >= 0.6 is 11.8 Å². The van der Waals surface area contributed by atoms with Gasteiger partial charge in [0.25, 0.3) is 0 Å². The van der Waals surface area contributed by atoms with Crippen molar-refractivity contribution in [1.29, 1.82) is 0 Å². The molecule has 0 spiro atoms. The summed E-state index contributed by atoms with van der Waals surface area (Å²) in [5.41, 5.74) is 3.32. The summed E-state index contributed by atoms with van der Waals surface area (Å²) in [6, 6.07) is 11.9. The molecule has 0 saturated carbocycles. The van der Waals surface area contributed by atoms with Crippen molar-refractivity contribution in [2.24, 2.45) is 5.14 Å². The molecule has 0 aromatic heterocycles. The van der Waals surface area contributed by atoms with E-state index in [0.717, 1.165) is 11.3 Å². The Labute approximate surface area is 165 Å². The molecule has 0 fully saturated rings. The molecule has 0 aliphatic carbocycles. The molecule has 146 valence electrons. The van der Waals surface area contributed by atoms with Gasteiger partial charge in [-0.15, -0.1) is 11.8 Å². The van der Waals surface area contributed by atoms with E-state index >= 15 is 0 Å². The lowest BCUT2D eigenvalue weighted by Crippen LogP contribution is -2.38. The molecule has 0 unspecified atom stereocenters. The summed E-state index contributed by atoms with van der Waals surface area (Å²) in [7, 11) is -3.71. The van der Waals surface area contributed by atoms with Crippen LogP contribution < -0.4 is 15.8 Å². The fraction of sp³-hybridized carbons (Fsp3) is 0.316. The molecular formula is C19H25N3O3S2. The van der Waals surface area contributed by atoms with Crippen molar-refractivity contribution >= 4 is 27.8 Å². The van der Waals surface area contributed by atoms with Gasteiger partial charge in [-0.05, 0) is 61.7 Å². The number of benzene rings is 2. The molecule has 8 heteroatoms. The topological polar surface area (TPSA) is 101 Å². The number of amides is 2. The van der Waals surface area contributed by atoms with E-state index in [4.69, 9.17) is 5.14 Å². The number of urea groups is 1. The van der Waals surface area contributed by atoms with Gasteiger partial charge in [-0.3, -0.25) is 0 Å². The summed E-state index contributed by atoms with van der Waals surface area (Å²) in [6.07, 6.45) is 0. The Kier molecular flexibility index (Phi) is 7.29. The average Bonchev–Trinajstić information content (AvgIpc) is 2.61. The van der Waals surface area contributed by atoms with Crippen LogP contribution in [0, 0.1) is 13.8 Å². The molecule has 0 bridgehead atoms. The van der Waals surface area contributed by atoms with Gasteiger partial charge in [-0.25, -0.2) is 18.4 Å². The lowest BCUT2D eigenvalue weighted by atomic mass is 10.1. The number of carbonyl (C=O) groups excluding carboxylic acids is 1. The van der Waals surface area contributed by atoms with E-state index < -0.39 is 10.0 Å². The number of nitrogens with one attached hydrogen (secondary N) is 2. The van der Waals surface area contributed by atoms with Gasteiger partial charge in [0.2, 0.25) is 10.0 Å². The van der Waals surface area contributed by atoms with Gasteiger partial charge in [-0.2, -0.15) is 0 Å². The summed E-state index contributed by atoms with van der Waals surface area (Å²) in [5.74, 6) is 0.771. The number of hydrogen-bond acceptors (Lipinski definition) is 4. The second kappa shape index (κ2) is 9.25. The molecule has 6 nitrogen and oxygen atoms in total. The van der Waals surface area contributed by atoms with E-state index in [-0.39, 0.29) is 17.0 Å². The molecular weight excluding hydrogens is 382 g/mol. The van der Waals surface area contributed by atoms with Crippen molar-refractivity contribution in [2.75, 3.05) is 12.3 Å². The van der Waals surface area contributed by atoms with Crippen LogP contribution in [0.15, 0.2) is 52.3 Å². The zero-order chi connectivity index (χ0) is 20.0. The minimum absolute atomic E-state index is 0.0475. The van der Waals surface area contributed by atoms with Crippen LogP contribution in [0.3, 0.4) is 0 Å². The Morgan fingerprint density at radius 2 is 1.78 bits per heavy atom. The Balaban J connectivity index is 1.77. The third kappa shape index (κ3) is 6.57. The Morgan fingerprint density at radius 1 is 1.11 bits per heavy atom. The van der Waals surface area contributed by atoms with E-state index in [0.29, 0.717) is 6.54 Å². The molecule has 0 saturated heterocycles. The van der Waals surface area contributed by atoms with E-state index in [9.17, 15) is 13.2 Å². The van der Waals surface area contributed by atoms with E-state index in [1.54, 1.807) is 23.9 Å². The number of sulfonamides is 1. The van der Waals surface area contributed by atoms with Crippen molar-refractivity contribution in [3.05, 3.63) is 59.2 Å². The minimum Gasteiger partial charge on any atom is -0.337 e. The third-order valence-corrected chi connectivity index (χ3v) is 6.12. The van der Waals surface area contributed by atoms with Crippen LogP contribution in [-0.4, -0.2) is 26.7 Å².